The third-order valence-corrected chi connectivity index (χ3v) is 3.09. The largest absolute Gasteiger partial charge is 0.469 e. The van der Waals surface area contributed by atoms with Gasteiger partial charge in [-0.05, 0) is 30.7 Å². The van der Waals surface area contributed by atoms with Gasteiger partial charge in [-0.25, -0.2) is 0 Å². The second-order valence-electron chi connectivity index (χ2n) is 3.58. The molecule has 0 spiro atoms. The maximum Gasteiger partial charge on any atom is 0.105 e. The molecule has 84 valence electrons. The van der Waals surface area contributed by atoms with Gasteiger partial charge in [-0.15, -0.1) is 0 Å². The molecule has 0 aliphatic heterocycles. The van der Waals surface area contributed by atoms with Crippen molar-refractivity contribution >= 4 is 23.2 Å². The predicted molar refractivity (Wildman–Crippen MR) is 65.9 cm³/mol. The summed E-state index contributed by atoms with van der Waals surface area (Å²) in [5, 5.41) is 1.17. The summed E-state index contributed by atoms with van der Waals surface area (Å²) in [6.07, 6.45) is 1.62. The van der Waals surface area contributed by atoms with E-state index in [1.165, 1.54) is 0 Å². The third kappa shape index (κ3) is 2.09. The van der Waals surface area contributed by atoms with Crippen LogP contribution in [-0.4, -0.2) is 0 Å². The van der Waals surface area contributed by atoms with Crippen LogP contribution < -0.4 is 5.73 Å². The highest BCUT2D eigenvalue weighted by Crippen LogP contribution is 2.30. The lowest BCUT2D eigenvalue weighted by Crippen LogP contribution is -2.12. The Morgan fingerprint density at radius 2 is 1.94 bits per heavy atom. The first-order valence-corrected chi connectivity index (χ1v) is 5.59. The highest BCUT2D eigenvalue weighted by molar-refractivity contribution is 6.35. The molecular formula is C12H11Cl2NO. The van der Waals surface area contributed by atoms with E-state index in [0.29, 0.717) is 10.0 Å². The number of aryl methyl sites for hydroxylation is 1. The normalized spacial score (nSPS) is 12.8. The molecule has 1 atom stereocenters. The number of rotatable bonds is 2. The van der Waals surface area contributed by atoms with Gasteiger partial charge in [-0.1, -0.05) is 29.3 Å². The number of hydrogen-bond donors (Lipinski definition) is 1. The van der Waals surface area contributed by atoms with E-state index in [-0.39, 0.29) is 6.04 Å². The van der Waals surface area contributed by atoms with Crippen LogP contribution in [0.4, 0.5) is 0 Å². The number of furan rings is 1. The van der Waals surface area contributed by atoms with Crippen LogP contribution in [0.5, 0.6) is 0 Å². The summed E-state index contributed by atoms with van der Waals surface area (Å²) >= 11 is 11.9. The predicted octanol–water partition coefficient (Wildman–Crippen LogP) is 3.94. The summed E-state index contributed by atoms with van der Waals surface area (Å²) in [5.41, 5.74) is 7.90. The van der Waals surface area contributed by atoms with Crippen LogP contribution in [0.1, 0.15) is 22.9 Å². The Bertz CT molecular complexity index is 507. The second kappa shape index (κ2) is 4.50. The Balaban J connectivity index is 2.41. The quantitative estimate of drug-likeness (QED) is 0.883. The van der Waals surface area contributed by atoms with Crippen molar-refractivity contribution in [3.63, 3.8) is 0 Å². The summed E-state index contributed by atoms with van der Waals surface area (Å²) in [5.74, 6) is 0.804. The molecule has 2 aromatic rings. The van der Waals surface area contributed by atoms with Crippen molar-refractivity contribution in [2.24, 2.45) is 5.73 Å². The zero-order valence-corrected chi connectivity index (χ0v) is 10.2. The lowest BCUT2D eigenvalue weighted by atomic mass is 10.0. The molecule has 0 fully saturated rings. The van der Waals surface area contributed by atoms with Crippen LogP contribution in [0.25, 0.3) is 0 Å². The molecule has 2 rings (SSSR count). The number of benzene rings is 1. The number of halogens is 2. The summed E-state index contributed by atoms with van der Waals surface area (Å²) in [4.78, 5) is 0. The van der Waals surface area contributed by atoms with Gasteiger partial charge in [0, 0.05) is 15.6 Å². The first kappa shape index (κ1) is 11.5. The van der Waals surface area contributed by atoms with E-state index in [0.717, 1.165) is 16.9 Å². The van der Waals surface area contributed by atoms with Gasteiger partial charge in [0.05, 0.1) is 12.3 Å². The fourth-order valence-corrected chi connectivity index (χ4v) is 2.16. The molecule has 0 aliphatic rings. The molecule has 0 aliphatic carbocycles. The fourth-order valence-electron chi connectivity index (χ4n) is 1.64. The van der Waals surface area contributed by atoms with Crippen LogP contribution in [0.2, 0.25) is 10.0 Å². The molecule has 1 aromatic heterocycles. The van der Waals surface area contributed by atoms with Crippen LogP contribution in [0, 0.1) is 6.92 Å². The smallest absolute Gasteiger partial charge is 0.105 e. The lowest BCUT2D eigenvalue weighted by molar-refractivity contribution is 0.527. The van der Waals surface area contributed by atoms with E-state index in [1.54, 1.807) is 18.4 Å². The lowest BCUT2D eigenvalue weighted by Gasteiger charge is -2.13. The summed E-state index contributed by atoms with van der Waals surface area (Å²) < 4.78 is 5.22. The highest BCUT2D eigenvalue weighted by Gasteiger charge is 2.16. The zero-order valence-electron chi connectivity index (χ0n) is 8.71. The molecular weight excluding hydrogens is 245 g/mol. The average molecular weight is 256 g/mol. The van der Waals surface area contributed by atoms with Gasteiger partial charge in [0.15, 0.2) is 0 Å². The number of nitrogens with two attached hydrogens (primary N) is 1. The maximum atomic E-state index is 6.12. The molecule has 4 heteroatoms. The van der Waals surface area contributed by atoms with Gasteiger partial charge in [-0.2, -0.15) is 0 Å². The summed E-state index contributed by atoms with van der Waals surface area (Å²) in [6, 6.07) is 6.86. The second-order valence-corrected chi connectivity index (χ2v) is 4.42. The third-order valence-electron chi connectivity index (χ3n) is 2.53. The SMILES string of the molecule is Cc1occc1C(N)c1ccc(Cl)cc1Cl. The van der Waals surface area contributed by atoms with Gasteiger partial charge in [-0.3, -0.25) is 0 Å². The first-order chi connectivity index (χ1) is 7.59. The van der Waals surface area contributed by atoms with Gasteiger partial charge < -0.3 is 10.2 Å². The molecule has 16 heavy (non-hydrogen) atoms. The molecule has 1 unspecified atom stereocenters. The average Bonchev–Trinajstić information content (AvgIpc) is 2.63. The van der Waals surface area contributed by atoms with Gasteiger partial charge in [0.25, 0.3) is 0 Å². The molecule has 2 nitrogen and oxygen atoms in total. The molecule has 0 saturated carbocycles. The Hall–Kier alpha value is -0.960. The van der Waals surface area contributed by atoms with Crippen molar-refractivity contribution in [2.75, 3.05) is 0 Å². The molecule has 2 N–H and O–H groups in total. The minimum Gasteiger partial charge on any atom is -0.469 e. The van der Waals surface area contributed by atoms with Crippen molar-refractivity contribution in [1.29, 1.82) is 0 Å². The van der Waals surface area contributed by atoms with Crippen LogP contribution >= 0.6 is 23.2 Å². The minimum atomic E-state index is -0.288. The van der Waals surface area contributed by atoms with Crippen LogP contribution in [-0.2, 0) is 0 Å². The van der Waals surface area contributed by atoms with Crippen LogP contribution in [0.3, 0.4) is 0 Å². The molecule has 0 bridgehead atoms. The van der Waals surface area contributed by atoms with E-state index in [9.17, 15) is 0 Å². The topological polar surface area (TPSA) is 39.2 Å². The van der Waals surface area contributed by atoms with E-state index in [2.05, 4.69) is 0 Å². The van der Waals surface area contributed by atoms with E-state index < -0.39 is 0 Å². The van der Waals surface area contributed by atoms with Gasteiger partial charge >= 0.3 is 0 Å². The zero-order chi connectivity index (χ0) is 11.7. The molecule has 0 saturated heterocycles. The Morgan fingerprint density at radius 3 is 2.50 bits per heavy atom. The van der Waals surface area contributed by atoms with Crippen molar-refractivity contribution in [3.8, 4) is 0 Å². The highest BCUT2D eigenvalue weighted by atomic mass is 35.5. The molecule has 1 aromatic carbocycles. The fraction of sp³-hybridized carbons (Fsp3) is 0.167. The van der Waals surface area contributed by atoms with Crippen molar-refractivity contribution in [2.45, 2.75) is 13.0 Å². The first-order valence-electron chi connectivity index (χ1n) is 4.84. The summed E-state index contributed by atoms with van der Waals surface area (Å²) in [6.45, 7) is 1.87. The Kier molecular flexibility index (Phi) is 3.24. The van der Waals surface area contributed by atoms with Crippen molar-refractivity contribution in [1.82, 2.24) is 0 Å². The monoisotopic (exact) mass is 255 g/mol. The summed E-state index contributed by atoms with van der Waals surface area (Å²) in [7, 11) is 0. The molecule has 0 radical (unpaired) electrons. The van der Waals surface area contributed by atoms with Gasteiger partial charge in [0.2, 0.25) is 0 Å². The molecule has 0 amide bonds. The van der Waals surface area contributed by atoms with Gasteiger partial charge in [0.1, 0.15) is 5.76 Å². The van der Waals surface area contributed by atoms with Crippen molar-refractivity contribution < 1.29 is 4.42 Å². The maximum absolute atomic E-state index is 6.12. The van der Waals surface area contributed by atoms with E-state index in [4.69, 9.17) is 33.4 Å². The van der Waals surface area contributed by atoms with E-state index >= 15 is 0 Å². The Morgan fingerprint density at radius 1 is 1.19 bits per heavy atom. The Labute approximate surface area is 104 Å². The number of hydrogen-bond acceptors (Lipinski definition) is 2. The molecule has 1 heterocycles. The minimum absolute atomic E-state index is 0.288. The van der Waals surface area contributed by atoms with Crippen molar-refractivity contribution in [3.05, 3.63) is 57.5 Å². The van der Waals surface area contributed by atoms with Crippen LogP contribution in [0.15, 0.2) is 34.9 Å². The standard InChI is InChI=1S/C12H11Cl2NO/c1-7-9(4-5-16-7)12(15)10-3-2-8(13)6-11(10)14/h2-6,12H,15H2,1H3. The van der Waals surface area contributed by atoms with E-state index in [1.807, 2.05) is 19.1 Å².